The van der Waals surface area contributed by atoms with Crippen molar-refractivity contribution in [3.8, 4) is 11.5 Å². The zero-order valence-corrected chi connectivity index (χ0v) is 27.9. The highest BCUT2D eigenvalue weighted by Gasteiger charge is 2.41. The fourth-order valence-corrected chi connectivity index (χ4v) is 5.43. The van der Waals surface area contributed by atoms with Crippen molar-refractivity contribution in [1.29, 1.82) is 0 Å². The maximum Gasteiger partial charge on any atom is 0.191 e. The van der Waals surface area contributed by atoms with Gasteiger partial charge in [-0.3, -0.25) is 0 Å². The summed E-state index contributed by atoms with van der Waals surface area (Å²) in [6, 6.07) is 5.69. The van der Waals surface area contributed by atoms with Gasteiger partial charge in [0.1, 0.15) is 13.1 Å². The Balaban J connectivity index is 3.55. The minimum absolute atomic E-state index is 0.0258. The molecular weight excluding hydrogens is 524 g/mol. The molecule has 1 aromatic rings. The lowest BCUT2D eigenvalue weighted by Gasteiger charge is -2.41. The molecule has 0 saturated heterocycles. The zero-order chi connectivity index (χ0) is 30.5. The van der Waals surface area contributed by atoms with E-state index >= 15 is 0 Å². The number of hydrogen-bond acceptors (Lipinski definition) is 7. The summed E-state index contributed by atoms with van der Waals surface area (Å²) in [4.78, 5) is 12.2. The summed E-state index contributed by atoms with van der Waals surface area (Å²) in [6.07, 6.45) is 6.47. The predicted molar refractivity (Wildman–Crippen MR) is 164 cm³/mol. The normalized spacial score (nSPS) is 16.9. The van der Waals surface area contributed by atoms with Crippen LogP contribution in [0.15, 0.2) is 42.0 Å². The Morgan fingerprint density at radius 1 is 1.02 bits per heavy atom. The lowest BCUT2D eigenvalue weighted by molar-refractivity contribution is -0.136. The van der Waals surface area contributed by atoms with Crippen LogP contribution in [0.2, 0.25) is 18.1 Å². The smallest absolute Gasteiger partial charge is 0.191 e. The van der Waals surface area contributed by atoms with E-state index in [-0.39, 0.29) is 36.4 Å². The number of allylic oxidation sites excluding steroid dienone is 3. The summed E-state index contributed by atoms with van der Waals surface area (Å²) in [7, 11) is 2.71. The minimum atomic E-state index is -2.12. The van der Waals surface area contributed by atoms with Crippen molar-refractivity contribution >= 4 is 14.6 Å². The minimum Gasteiger partial charge on any atom is -0.493 e. The standard InChI is InChI=1S/C32H54O7Si/c1-13-14-23(2)17-24(3)30(38-22-34-8)27(21-39-40(11,12)32(5,6)7)31(25(4)19-33)37-20-26-15-16-28(35-9)29(18-26)36-10/h13-19,23,25,27,30-31H,20-22H2,1-12H3/b14-13-,24-17+/t23-,25+,27+,30+,31+/m0/s1. The maximum atomic E-state index is 12.2. The van der Waals surface area contributed by atoms with Crippen molar-refractivity contribution in [2.24, 2.45) is 17.8 Å². The van der Waals surface area contributed by atoms with Crippen molar-refractivity contribution in [2.45, 2.75) is 85.4 Å². The van der Waals surface area contributed by atoms with Gasteiger partial charge in [0.2, 0.25) is 0 Å². The van der Waals surface area contributed by atoms with E-state index in [0.29, 0.717) is 18.1 Å². The summed E-state index contributed by atoms with van der Waals surface area (Å²) < 4.78 is 35.9. The molecule has 0 fully saturated rings. The molecule has 228 valence electrons. The first-order valence-corrected chi connectivity index (χ1v) is 17.0. The van der Waals surface area contributed by atoms with E-state index in [1.54, 1.807) is 21.3 Å². The molecule has 1 aromatic carbocycles. The number of hydrogen-bond donors (Lipinski definition) is 0. The van der Waals surface area contributed by atoms with Crippen LogP contribution >= 0.6 is 0 Å². The van der Waals surface area contributed by atoms with Gasteiger partial charge in [-0.05, 0) is 61.2 Å². The fourth-order valence-electron chi connectivity index (χ4n) is 4.38. The number of ether oxygens (including phenoxy) is 5. The third-order valence-corrected chi connectivity index (χ3v) is 12.2. The van der Waals surface area contributed by atoms with Gasteiger partial charge in [-0.25, -0.2) is 0 Å². The summed E-state index contributed by atoms with van der Waals surface area (Å²) in [5.41, 5.74) is 1.96. The molecule has 8 heteroatoms. The van der Waals surface area contributed by atoms with Crippen LogP contribution in [-0.2, 0) is 30.0 Å². The predicted octanol–water partition coefficient (Wildman–Crippen LogP) is 7.21. The highest BCUT2D eigenvalue weighted by molar-refractivity contribution is 6.74. The molecular formula is C32H54O7Si. The number of methoxy groups -OCH3 is 3. The summed E-state index contributed by atoms with van der Waals surface area (Å²) in [6.45, 7) is 20.0. The fraction of sp³-hybridized carbons (Fsp3) is 0.656. The summed E-state index contributed by atoms with van der Waals surface area (Å²) >= 11 is 0. The van der Waals surface area contributed by atoms with Gasteiger partial charge in [0.05, 0.1) is 33.0 Å². The highest BCUT2D eigenvalue weighted by atomic mass is 28.4. The summed E-state index contributed by atoms with van der Waals surface area (Å²) in [5, 5.41) is 0.0258. The molecule has 0 heterocycles. The Hall–Kier alpha value is -1.97. The maximum absolute atomic E-state index is 12.2. The Bertz CT molecular complexity index is 951. The first-order valence-electron chi connectivity index (χ1n) is 14.1. The van der Waals surface area contributed by atoms with Crippen LogP contribution in [0.5, 0.6) is 11.5 Å². The molecule has 0 amide bonds. The molecule has 0 aliphatic carbocycles. The molecule has 5 atom stereocenters. The molecule has 0 spiro atoms. The van der Waals surface area contributed by atoms with Gasteiger partial charge in [-0.15, -0.1) is 0 Å². The van der Waals surface area contributed by atoms with Crippen molar-refractivity contribution in [2.75, 3.05) is 34.7 Å². The van der Waals surface area contributed by atoms with Crippen LogP contribution in [0.1, 0.15) is 54.0 Å². The van der Waals surface area contributed by atoms with Crippen molar-refractivity contribution in [3.63, 3.8) is 0 Å². The van der Waals surface area contributed by atoms with Gasteiger partial charge >= 0.3 is 0 Å². The molecule has 40 heavy (non-hydrogen) atoms. The lowest BCUT2D eigenvalue weighted by Crippen LogP contribution is -2.48. The van der Waals surface area contributed by atoms with Crippen LogP contribution in [0, 0.1) is 17.8 Å². The van der Waals surface area contributed by atoms with Gasteiger partial charge in [0.25, 0.3) is 0 Å². The third kappa shape index (κ3) is 10.8. The quantitative estimate of drug-likeness (QED) is 0.0789. The SMILES string of the molecule is C/C=C\[C@H](C)/C=C(\C)[C@@H](OCOC)[C@@H](CO[Si](C)(C)C(C)(C)C)[C@H](OCc1ccc(OC)c(OC)c1)[C@H](C)C=O. The molecule has 0 radical (unpaired) electrons. The molecule has 0 aromatic heterocycles. The van der Waals surface area contributed by atoms with Crippen molar-refractivity contribution in [1.82, 2.24) is 0 Å². The summed E-state index contributed by atoms with van der Waals surface area (Å²) in [5.74, 6) is 0.824. The van der Waals surface area contributed by atoms with E-state index in [1.165, 1.54) is 0 Å². The molecule has 7 nitrogen and oxygen atoms in total. The van der Waals surface area contributed by atoms with Crippen molar-refractivity contribution in [3.05, 3.63) is 47.6 Å². The van der Waals surface area contributed by atoms with Crippen LogP contribution < -0.4 is 9.47 Å². The monoisotopic (exact) mass is 578 g/mol. The number of carbonyl (C=O) groups is 1. The molecule has 0 saturated carbocycles. The molecule has 1 rings (SSSR count). The zero-order valence-electron chi connectivity index (χ0n) is 26.9. The lowest BCUT2D eigenvalue weighted by atomic mass is 9.85. The van der Waals surface area contributed by atoms with Crippen LogP contribution in [0.3, 0.4) is 0 Å². The second kappa shape index (κ2) is 17.1. The Labute approximate surface area is 244 Å². The average molecular weight is 579 g/mol. The van der Waals surface area contributed by atoms with E-state index in [1.807, 2.05) is 38.1 Å². The van der Waals surface area contributed by atoms with Gasteiger partial charge < -0.3 is 32.9 Å². The molecule has 0 aliphatic heterocycles. The number of carbonyl (C=O) groups excluding carboxylic acids is 1. The highest BCUT2D eigenvalue weighted by Crippen LogP contribution is 2.38. The first-order chi connectivity index (χ1) is 18.8. The van der Waals surface area contributed by atoms with Gasteiger partial charge in [-0.2, -0.15) is 0 Å². The average Bonchev–Trinajstić information content (AvgIpc) is 2.90. The van der Waals surface area contributed by atoms with Crippen LogP contribution in [0.4, 0.5) is 0 Å². The third-order valence-electron chi connectivity index (χ3n) is 7.71. The van der Waals surface area contributed by atoms with E-state index in [2.05, 4.69) is 59.9 Å². The van der Waals surface area contributed by atoms with Gasteiger partial charge in [-0.1, -0.05) is 58.9 Å². The first kappa shape index (κ1) is 36.1. The molecule has 0 bridgehead atoms. The Morgan fingerprint density at radius 3 is 2.20 bits per heavy atom. The molecule has 0 N–H and O–H groups in total. The van der Waals surface area contributed by atoms with E-state index in [9.17, 15) is 4.79 Å². The largest absolute Gasteiger partial charge is 0.493 e. The van der Waals surface area contributed by atoms with Gasteiger partial charge in [0.15, 0.2) is 19.8 Å². The van der Waals surface area contributed by atoms with E-state index < -0.39 is 20.3 Å². The second-order valence-electron chi connectivity index (χ2n) is 12.0. The Kier molecular flexibility index (Phi) is 15.4. The Morgan fingerprint density at radius 2 is 1.68 bits per heavy atom. The number of rotatable bonds is 18. The van der Waals surface area contributed by atoms with E-state index in [4.69, 9.17) is 28.1 Å². The van der Waals surface area contributed by atoms with Crippen molar-refractivity contribution < 1.29 is 32.9 Å². The van der Waals surface area contributed by atoms with Crippen LogP contribution in [-0.4, -0.2) is 61.5 Å². The van der Waals surface area contributed by atoms with E-state index in [0.717, 1.165) is 17.4 Å². The number of benzene rings is 1. The van der Waals surface area contributed by atoms with Gasteiger partial charge in [0, 0.05) is 25.6 Å². The molecule has 0 aliphatic rings. The number of aldehydes is 1. The second-order valence-corrected chi connectivity index (χ2v) is 16.8. The van der Waals surface area contributed by atoms with Crippen LogP contribution in [0.25, 0.3) is 0 Å². The topological polar surface area (TPSA) is 72.5 Å². The molecule has 0 unspecified atom stereocenters.